The largest absolute Gasteiger partial charge is 0.364 e. The van der Waals surface area contributed by atoms with Crippen molar-refractivity contribution in [2.24, 2.45) is 11.8 Å². The van der Waals surface area contributed by atoms with E-state index < -0.39 is 0 Å². The Morgan fingerprint density at radius 1 is 1.48 bits per heavy atom. The molecule has 1 aromatic heterocycles. The Labute approximate surface area is 141 Å². The number of nitrogens with zero attached hydrogens (tertiary/aromatic N) is 2. The number of aromatic nitrogens is 1. The van der Waals surface area contributed by atoms with Crippen molar-refractivity contribution in [2.45, 2.75) is 51.4 Å². The van der Waals surface area contributed by atoms with Crippen molar-refractivity contribution in [3.63, 3.8) is 0 Å². The van der Waals surface area contributed by atoms with E-state index in [-0.39, 0.29) is 18.1 Å². The van der Waals surface area contributed by atoms with Crippen LogP contribution < -0.4 is 5.32 Å². The highest BCUT2D eigenvalue weighted by atomic mass is 32.1. The van der Waals surface area contributed by atoms with Crippen LogP contribution in [0.25, 0.3) is 0 Å². The maximum Gasteiger partial charge on any atom is 0.249 e. The number of piperidine rings is 1. The van der Waals surface area contributed by atoms with Crippen molar-refractivity contribution in [3.8, 4) is 0 Å². The molecule has 2 saturated heterocycles. The van der Waals surface area contributed by atoms with Gasteiger partial charge in [-0.25, -0.2) is 4.98 Å². The normalized spacial score (nSPS) is 31.1. The van der Waals surface area contributed by atoms with Gasteiger partial charge in [0.25, 0.3) is 0 Å². The number of carbonyl (C=O) groups excluding carboxylic acids is 1. The molecule has 3 fully saturated rings. The van der Waals surface area contributed by atoms with Gasteiger partial charge >= 0.3 is 0 Å². The van der Waals surface area contributed by atoms with Crippen molar-refractivity contribution in [1.29, 1.82) is 0 Å². The van der Waals surface area contributed by atoms with Crippen LogP contribution in [0.1, 0.15) is 36.4 Å². The van der Waals surface area contributed by atoms with Gasteiger partial charge in [-0.1, -0.05) is 0 Å². The molecule has 0 aromatic carbocycles. The molecule has 1 aliphatic carbocycles. The van der Waals surface area contributed by atoms with E-state index in [0.29, 0.717) is 5.92 Å². The minimum Gasteiger partial charge on any atom is -0.364 e. The van der Waals surface area contributed by atoms with E-state index >= 15 is 0 Å². The van der Waals surface area contributed by atoms with Crippen LogP contribution in [0.15, 0.2) is 5.38 Å². The standard InChI is InChI=1S/C17H25N3O2S/c1-11-19-14(10-23-11)8-20-5-4-13-6-15(22-16(13)9-20)17(21)18-7-12-2-3-12/h10,12-13,15-16H,2-9H2,1H3,(H,18,21)/t13-,15-,16+/m0/s1. The SMILES string of the molecule is Cc1nc(CN2CC[C@H]3C[C@@H](C(=O)NCC4CC4)O[C@@H]3C2)cs1. The fraction of sp³-hybridized carbons (Fsp3) is 0.765. The monoisotopic (exact) mass is 335 g/mol. The number of hydrogen-bond donors (Lipinski definition) is 1. The second kappa shape index (κ2) is 6.49. The summed E-state index contributed by atoms with van der Waals surface area (Å²) in [6.07, 6.45) is 4.53. The molecule has 1 saturated carbocycles. The van der Waals surface area contributed by atoms with Crippen molar-refractivity contribution in [3.05, 3.63) is 16.1 Å². The molecule has 23 heavy (non-hydrogen) atoms. The summed E-state index contributed by atoms with van der Waals surface area (Å²) in [7, 11) is 0. The second-order valence-electron chi connectivity index (χ2n) is 7.23. The first kappa shape index (κ1) is 15.5. The summed E-state index contributed by atoms with van der Waals surface area (Å²) in [6, 6.07) is 0. The fourth-order valence-corrected chi connectivity index (χ4v) is 4.30. The van der Waals surface area contributed by atoms with Gasteiger partial charge in [0.05, 0.1) is 16.8 Å². The van der Waals surface area contributed by atoms with E-state index in [1.807, 2.05) is 6.92 Å². The second-order valence-corrected chi connectivity index (χ2v) is 8.29. The number of fused-ring (bicyclic) bond motifs is 1. The lowest BCUT2D eigenvalue weighted by Crippen LogP contribution is -2.42. The third-order valence-corrected chi connectivity index (χ3v) is 6.06. The summed E-state index contributed by atoms with van der Waals surface area (Å²) < 4.78 is 6.08. The van der Waals surface area contributed by atoms with Crippen molar-refractivity contribution < 1.29 is 9.53 Å². The zero-order valence-electron chi connectivity index (χ0n) is 13.7. The minimum absolute atomic E-state index is 0.105. The van der Waals surface area contributed by atoms with Gasteiger partial charge in [0.2, 0.25) is 5.91 Å². The first-order valence-corrected chi connectivity index (χ1v) is 9.62. The van der Waals surface area contributed by atoms with Gasteiger partial charge in [-0.15, -0.1) is 11.3 Å². The van der Waals surface area contributed by atoms with Crippen LogP contribution in [-0.2, 0) is 16.1 Å². The Bertz CT molecular complexity index is 572. The molecule has 3 heterocycles. The van der Waals surface area contributed by atoms with Gasteiger partial charge < -0.3 is 10.1 Å². The summed E-state index contributed by atoms with van der Waals surface area (Å²) in [4.78, 5) is 19.2. The Hall–Kier alpha value is -0.980. The lowest BCUT2D eigenvalue weighted by molar-refractivity contribution is -0.132. The van der Waals surface area contributed by atoms with Gasteiger partial charge in [0.15, 0.2) is 0 Å². The van der Waals surface area contributed by atoms with E-state index in [0.717, 1.165) is 55.6 Å². The van der Waals surface area contributed by atoms with Crippen LogP contribution in [0.4, 0.5) is 0 Å². The molecule has 4 rings (SSSR count). The van der Waals surface area contributed by atoms with E-state index in [9.17, 15) is 4.79 Å². The summed E-state index contributed by atoms with van der Waals surface area (Å²) in [5.74, 6) is 1.37. The summed E-state index contributed by atoms with van der Waals surface area (Å²) in [6.45, 7) is 5.79. The predicted molar refractivity (Wildman–Crippen MR) is 89.2 cm³/mol. The topological polar surface area (TPSA) is 54.5 Å². The Balaban J connectivity index is 1.28. The molecule has 0 unspecified atom stereocenters. The number of thiazole rings is 1. The Morgan fingerprint density at radius 3 is 3.09 bits per heavy atom. The van der Waals surface area contributed by atoms with Crippen LogP contribution in [0.5, 0.6) is 0 Å². The molecule has 126 valence electrons. The minimum atomic E-state index is -0.231. The molecule has 1 amide bonds. The third-order valence-electron chi connectivity index (χ3n) is 5.24. The Kier molecular flexibility index (Phi) is 4.39. The maximum absolute atomic E-state index is 12.2. The van der Waals surface area contributed by atoms with Crippen LogP contribution in [0, 0.1) is 18.8 Å². The van der Waals surface area contributed by atoms with Gasteiger partial charge in [0, 0.05) is 25.0 Å². The maximum atomic E-state index is 12.2. The molecule has 3 atom stereocenters. The molecule has 0 radical (unpaired) electrons. The predicted octanol–water partition coefficient (Wildman–Crippen LogP) is 1.96. The molecule has 0 bridgehead atoms. The molecular weight excluding hydrogens is 310 g/mol. The van der Waals surface area contributed by atoms with Crippen LogP contribution >= 0.6 is 11.3 Å². The van der Waals surface area contributed by atoms with Crippen LogP contribution in [0.3, 0.4) is 0 Å². The first-order chi connectivity index (χ1) is 11.2. The molecule has 6 heteroatoms. The van der Waals surface area contributed by atoms with Crippen molar-refractivity contribution >= 4 is 17.2 Å². The molecule has 3 aliphatic rings. The molecule has 1 aromatic rings. The van der Waals surface area contributed by atoms with Crippen molar-refractivity contribution in [2.75, 3.05) is 19.6 Å². The number of ether oxygens (including phenoxy) is 1. The van der Waals surface area contributed by atoms with E-state index in [4.69, 9.17) is 4.74 Å². The van der Waals surface area contributed by atoms with Crippen molar-refractivity contribution in [1.82, 2.24) is 15.2 Å². The molecule has 2 aliphatic heterocycles. The van der Waals surface area contributed by atoms with Gasteiger partial charge in [-0.2, -0.15) is 0 Å². The number of rotatable bonds is 5. The highest BCUT2D eigenvalue weighted by Gasteiger charge is 2.42. The smallest absolute Gasteiger partial charge is 0.249 e. The molecular formula is C17H25N3O2S. The first-order valence-electron chi connectivity index (χ1n) is 8.74. The number of amides is 1. The number of carbonyl (C=O) groups is 1. The molecule has 1 N–H and O–H groups in total. The van der Waals surface area contributed by atoms with Gasteiger partial charge in [-0.3, -0.25) is 9.69 Å². The highest BCUT2D eigenvalue weighted by Crippen LogP contribution is 2.34. The highest BCUT2D eigenvalue weighted by molar-refractivity contribution is 7.09. The summed E-state index contributed by atoms with van der Waals surface area (Å²) >= 11 is 1.71. The Morgan fingerprint density at radius 2 is 2.35 bits per heavy atom. The number of likely N-dealkylation sites (tertiary alicyclic amines) is 1. The third kappa shape index (κ3) is 3.75. The average Bonchev–Trinajstić information content (AvgIpc) is 3.13. The molecule has 5 nitrogen and oxygen atoms in total. The van der Waals surface area contributed by atoms with E-state index in [1.165, 1.54) is 12.8 Å². The van der Waals surface area contributed by atoms with E-state index in [2.05, 4.69) is 20.6 Å². The quantitative estimate of drug-likeness (QED) is 0.894. The van der Waals surface area contributed by atoms with E-state index in [1.54, 1.807) is 11.3 Å². The number of nitrogens with one attached hydrogen (secondary N) is 1. The lowest BCUT2D eigenvalue weighted by atomic mass is 9.91. The fourth-order valence-electron chi connectivity index (χ4n) is 3.70. The zero-order valence-corrected chi connectivity index (χ0v) is 14.5. The summed E-state index contributed by atoms with van der Waals surface area (Å²) in [5, 5.41) is 6.33. The van der Waals surface area contributed by atoms with Gasteiger partial charge in [-0.05, 0) is 51.0 Å². The van der Waals surface area contributed by atoms with Crippen LogP contribution in [-0.4, -0.2) is 47.6 Å². The summed E-state index contributed by atoms with van der Waals surface area (Å²) in [5.41, 5.74) is 1.16. The number of hydrogen-bond acceptors (Lipinski definition) is 5. The zero-order chi connectivity index (χ0) is 15.8. The molecule has 0 spiro atoms. The average molecular weight is 335 g/mol. The van der Waals surface area contributed by atoms with Crippen LogP contribution in [0.2, 0.25) is 0 Å². The number of aryl methyl sites for hydroxylation is 1. The van der Waals surface area contributed by atoms with Gasteiger partial charge in [0.1, 0.15) is 6.10 Å². The lowest BCUT2D eigenvalue weighted by Gasteiger charge is -2.33.